The van der Waals surface area contributed by atoms with Crippen molar-refractivity contribution in [1.82, 2.24) is 0 Å². The molecule has 3 aromatic carbocycles. The SMILES string of the molecule is O=C(Nc1cccc(CCc2ccccc2)c1)c1ccccc1. The lowest BCUT2D eigenvalue weighted by Gasteiger charge is -2.08. The van der Waals surface area contributed by atoms with Crippen LogP contribution in [-0.4, -0.2) is 5.91 Å². The zero-order valence-corrected chi connectivity index (χ0v) is 12.9. The third-order valence-electron chi connectivity index (χ3n) is 3.77. The molecule has 0 bridgehead atoms. The normalized spacial score (nSPS) is 10.3. The Balaban J connectivity index is 1.64. The summed E-state index contributed by atoms with van der Waals surface area (Å²) >= 11 is 0. The molecule has 0 aliphatic rings. The lowest BCUT2D eigenvalue weighted by atomic mass is 10.0. The van der Waals surface area contributed by atoms with Crippen molar-refractivity contribution in [2.75, 3.05) is 5.32 Å². The first-order chi connectivity index (χ1) is 11.3. The Morgan fingerprint density at radius 1 is 0.696 bits per heavy atom. The van der Waals surface area contributed by atoms with Crippen molar-refractivity contribution in [3.63, 3.8) is 0 Å². The van der Waals surface area contributed by atoms with Crippen molar-refractivity contribution >= 4 is 11.6 Å². The minimum absolute atomic E-state index is 0.0780. The molecule has 2 heteroatoms. The fourth-order valence-corrected chi connectivity index (χ4v) is 2.53. The van der Waals surface area contributed by atoms with E-state index in [-0.39, 0.29) is 5.91 Å². The van der Waals surface area contributed by atoms with Crippen LogP contribution in [-0.2, 0) is 12.8 Å². The van der Waals surface area contributed by atoms with Gasteiger partial charge in [0.1, 0.15) is 0 Å². The molecule has 0 fully saturated rings. The Labute approximate surface area is 136 Å². The van der Waals surface area contributed by atoms with Crippen molar-refractivity contribution in [3.05, 3.63) is 102 Å². The molecule has 2 nitrogen and oxygen atoms in total. The van der Waals surface area contributed by atoms with Gasteiger partial charge in [0.25, 0.3) is 5.91 Å². The number of hydrogen-bond donors (Lipinski definition) is 1. The standard InChI is InChI=1S/C21H19NO/c23-21(19-11-5-2-6-12-19)22-20-13-7-10-18(16-20)15-14-17-8-3-1-4-9-17/h1-13,16H,14-15H2,(H,22,23). The van der Waals surface area contributed by atoms with Gasteiger partial charge in [-0.3, -0.25) is 4.79 Å². The molecule has 3 rings (SSSR count). The largest absolute Gasteiger partial charge is 0.322 e. The molecule has 0 radical (unpaired) electrons. The van der Waals surface area contributed by atoms with E-state index in [9.17, 15) is 4.79 Å². The van der Waals surface area contributed by atoms with Crippen LogP contribution in [0.5, 0.6) is 0 Å². The smallest absolute Gasteiger partial charge is 0.255 e. The number of aryl methyl sites for hydroxylation is 2. The van der Waals surface area contributed by atoms with E-state index in [2.05, 4.69) is 35.6 Å². The number of rotatable bonds is 5. The molecule has 23 heavy (non-hydrogen) atoms. The zero-order chi connectivity index (χ0) is 15.9. The van der Waals surface area contributed by atoms with Crippen LogP contribution in [0.1, 0.15) is 21.5 Å². The van der Waals surface area contributed by atoms with Gasteiger partial charge in [-0.2, -0.15) is 0 Å². The van der Waals surface area contributed by atoms with Crippen molar-refractivity contribution in [2.24, 2.45) is 0 Å². The van der Waals surface area contributed by atoms with Crippen molar-refractivity contribution in [3.8, 4) is 0 Å². The van der Waals surface area contributed by atoms with Crippen molar-refractivity contribution < 1.29 is 4.79 Å². The lowest BCUT2D eigenvalue weighted by Crippen LogP contribution is -2.11. The van der Waals surface area contributed by atoms with E-state index < -0.39 is 0 Å². The molecule has 0 aromatic heterocycles. The fraction of sp³-hybridized carbons (Fsp3) is 0.0952. The second kappa shape index (κ2) is 7.41. The highest BCUT2D eigenvalue weighted by Gasteiger charge is 2.05. The van der Waals surface area contributed by atoms with Gasteiger partial charge in [-0.25, -0.2) is 0 Å². The fourth-order valence-electron chi connectivity index (χ4n) is 2.53. The maximum absolute atomic E-state index is 12.2. The molecular weight excluding hydrogens is 282 g/mol. The molecule has 0 aliphatic heterocycles. The van der Waals surface area contributed by atoms with Gasteiger partial charge in [0, 0.05) is 11.3 Å². The Kier molecular flexibility index (Phi) is 4.85. The Hall–Kier alpha value is -2.87. The number of amides is 1. The van der Waals surface area contributed by atoms with E-state index >= 15 is 0 Å². The minimum Gasteiger partial charge on any atom is -0.322 e. The molecule has 0 saturated carbocycles. The highest BCUT2D eigenvalue weighted by atomic mass is 16.1. The first-order valence-electron chi connectivity index (χ1n) is 7.80. The van der Waals surface area contributed by atoms with E-state index in [1.807, 2.05) is 54.6 Å². The third-order valence-corrected chi connectivity index (χ3v) is 3.77. The van der Waals surface area contributed by atoms with E-state index in [4.69, 9.17) is 0 Å². The summed E-state index contributed by atoms with van der Waals surface area (Å²) in [7, 11) is 0. The van der Waals surface area contributed by atoms with Gasteiger partial charge in [-0.15, -0.1) is 0 Å². The van der Waals surface area contributed by atoms with Gasteiger partial charge in [0.15, 0.2) is 0 Å². The van der Waals surface area contributed by atoms with Gasteiger partial charge in [0.05, 0.1) is 0 Å². The average molecular weight is 301 g/mol. The Morgan fingerprint density at radius 2 is 1.30 bits per heavy atom. The molecule has 0 saturated heterocycles. The first-order valence-corrected chi connectivity index (χ1v) is 7.80. The predicted molar refractivity (Wildman–Crippen MR) is 94.7 cm³/mol. The maximum Gasteiger partial charge on any atom is 0.255 e. The number of benzene rings is 3. The van der Waals surface area contributed by atoms with Gasteiger partial charge < -0.3 is 5.32 Å². The van der Waals surface area contributed by atoms with Crippen LogP contribution in [0.25, 0.3) is 0 Å². The van der Waals surface area contributed by atoms with Gasteiger partial charge in [-0.05, 0) is 48.2 Å². The summed E-state index contributed by atoms with van der Waals surface area (Å²) in [5.74, 6) is -0.0780. The highest BCUT2D eigenvalue weighted by Crippen LogP contribution is 2.14. The second-order valence-corrected chi connectivity index (χ2v) is 5.51. The van der Waals surface area contributed by atoms with Crippen LogP contribution in [0.3, 0.4) is 0 Å². The average Bonchev–Trinajstić information content (AvgIpc) is 2.62. The summed E-state index contributed by atoms with van der Waals surface area (Å²) < 4.78 is 0. The van der Waals surface area contributed by atoms with Crippen LogP contribution >= 0.6 is 0 Å². The molecule has 1 N–H and O–H groups in total. The van der Waals surface area contributed by atoms with Gasteiger partial charge >= 0.3 is 0 Å². The lowest BCUT2D eigenvalue weighted by molar-refractivity contribution is 0.102. The number of nitrogens with one attached hydrogen (secondary N) is 1. The molecule has 0 unspecified atom stereocenters. The molecule has 0 heterocycles. The summed E-state index contributed by atoms with van der Waals surface area (Å²) in [6, 6.07) is 27.8. The summed E-state index contributed by atoms with van der Waals surface area (Å²) in [5.41, 5.74) is 4.05. The van der Waals surface area contributed by atoms with E-state index in [0.29, 0.717) is 5.56 Å². The summed E-state index contributed by atoms with van der Waals surface area (Å²) in [5, 5.41) is 2.96. The number of anilines is 1. The first kappa shape index (κ1) is 15.0. The number of carbonyl (C=O) groups excluding carboxylic acids is 1. The second-order valence-electron chi connectivity index (χ2n) is 5.51. The molecule has 1 amide bonds. The molecule has 0 aliphatic carbocycles. The van der Waals surface area contributed by atoms with Gasteiger partial charge in [-0.1, -0.05) is 60.7 Å². The molecular formula is C21H19NO. The van der Waals surface area contributed by atoms with Gasteiger partial charge in [0.2, 0.25) is 0 Å². The third kappa shape index (κ3) is 4.30. The van der Waals surface area contributed by atoms with Crippen molar-refractivity contribution in [2.45, 2.75) is 12.8 Å². The number of carbonyl (C=O) groups is 1. The maximum atomic E-state index is 12.2. The van der Waals surface area contributed by atoms with E-state index in [0.717, 1.165) is 18.5 Å². The molecule has 0 spiro atoms. The van der Waals surface area contributed by atoms with E-state index in [1.54, 1.807) is 0 Å². The Morgan fingerprint density at radius 3 is 2.04 bits per heavy atom. The van der Waals surface area contributed by atoms with E-state index in [1.165, 1.54) is 11.1 Å². The summed E-state index contributed by atoms with van der Waals surface area (Å²) in [6.07, 6.45) is 1.95. The number of hydrogen-bond acceptors (Lipinski definition) is 1. The van der Waals surface area contributed by atoms with Crippen LogP contribution in [0.2, 0.25) is 0 Å². The zero-order valence-electron chi connectivity index (χ0n) is 12.9. The van der Waals surface area contributed by atoms with Crippen LogP contribution < -0.4 is 5.32 Å². The van der Waals surface area contributed by atoms with Crippen LogP contribution in [0.15, 0.2) is 84.9 Å². The Bertz CT molecular complexity index is 766. The monoisotopic (exact) mass is 301 g/mol. The quantitative estimate of drug-likeness (QED) is 0.725. The predicted octanol–water partition coefficient (Wildman–Crippen LogP) is 4.72. The topological polar surface area (TPSA) is 29.1 Å². The minimum atomic E-state index is -0.0780. The molecule has 3 aromatic rings. The summed E-state index contributed by atoms with van der Waals surface area (Å²) in [4.78, 5) is 12.2. The molecule has 0 atom stereocenters. The molecule has 114 valence electrons. The van der Waals surface area contributed by atoms with Crippen LogP contribution in [0, 0.1) is 0 Å². The highest BCUT2D eigenvalue weighted by molar-refractivity contribution is 6.04. The summed E-state index contributed by atoms with van der Waals surface area (Å²) in [6.45, 7) is 0. The van der Waals surface area contributed by atoms with Crippen LogP contribution in [0.4, 0.5) is 5.69 Å². The van der Waals surface area contributed by atoms with Crippen molar-refractivity contribution in [1.29, 1.82) is 0 Å².